The van der Waals surface area contributed by atoms with Gasteiger partial charge in [0, 0.05) is 30.7 Å². The second-order valence-corrected chi connectivity index (χ2v) is 8.65. The van der Waals surface area contributed by atoms with Crippen molar-refractivity contribution in [3.8, 4) is 0 Å². The Morgan fingerprint density at radius 3 is 2.53 bits per heavy atom. The number of carbonyl (C=O) groups excluding carboxylic acids is 2. The first-order valence-electron chi connectivity index (χ1n) is 10.5. The molecular weight excluding hydrogens is 494 g/mol. The fourth-order valence-corrected chi connectivity index (χ4v) is 4.48. The minimum Gasteiger partial charge on any atom is -0.381 e. The average Bonchev–Trinajstić information content (AvgIpc) is 2.83. The summed E-state index contributed by atoms with van der Waals surface area (Å²) in [6.45, 7) is 1.95. The molecule has 1 saturated heterocycles. The molecule has 0 bridgehead atoms. The highest BCUT2D eigenvalue weighted by molar-refractivity contribution is 9.08. The minimum atomic E-state index is -0.367. The summed E-state index contributed by atoms with van der Waals surface area (Å²) in [7, 11) is 0. The Bertz CT molecular complexity index is 1150. The summed E-state index contributed by atoms with van der Waals surface area (Å²) in [5.41, 5.74) is 2.03. The van der Waals surface area contributed by atoms with Gasteiger partial charge in [0.2, 0.25) is 0 Å². The van der Waals surface area contributed by atoms with Gasteiger partial charge in [-0.1, -0.05) is 57.9 Å². The van der Waals surface area contributed by atoms with Gasteiger partial charge in [0.1, 0.15) is 5.15 Å². The Balaban J connectivity index is 1.56. The van der Waals surface area contributed by atoms with Crippen LogP contribution in [0.25, 0.3) is 10.8 Å². The van der Waals surface area contributed by atoms with Gasteiger partial charge in [0.05, 0.1) is 5.69 Å². The third-order valence-electron chi connectivity index (χ3n) is 5.62. The van der Waals surface area contributed by atoms with Gasteiger partial charge >= 0.3 is 0 Å². The average molecular weight is 517 g/mol. The zero-order chi connectivity index (χ0) is 22.5. The monoisotopic (exact) mass is 515 g/mol. The zero-order valence-corrected chi connectivity index (χ0v) is 19.7. The molecule has 6 nitrogen and oxygen atoms in total. The quantitative estimate of drug-likeness (QED) is 0.349. The number of rotatable bonds is 6. The van der Waals surface area contributed by atoms with Gasteiger partial charge in [-0.2, -0.15) is 0 Å². The van der Waals surface area contributed by atoms with Gasteiger partial charge < -0.3 is 15.4 Å². The molecule has 1 aliphatic rings. The number of benzene rings is 2. The molecule has 2 aromatic carbocycles. The Hall–Kier alpha value is -2.48. The van der Waals surface area contributed by atoms with E-state index in [0.29, 0.717) is 42.3 Å². The van der Waals surface area contributed by atoms with Crippen molar-refractivity contribution in [1.29, 1.82) is 0 Å². The molecule has 3 aromatic rings. The fourth-order valence-electron chi connectivity index (χ4n) is 3.85. The molecule has 1 aliphatic heterocycles. The van der Waals surface area contributed by atoms with Gasteiger partial charge in [0.15, 0.2) is 5.69 Å². The van der Waals surface area contributed by atoms with Crippen LogP contribution in [0.5, 0.6) is 0 Å². The van der Waals surface area contributed by atoms with Crippen molar-refractivity contribution in [2.45, 2.75) is 18.2 Å². The van der Waals surface area contributed by atoms with Gasteiger partial charge in [-0.15, -0.1) is 0 Å². The topological polar surface area (TPSA) is 80.3 Å². The van der Waals surface area contributed by atoms with E-state index in [4.69, 9.17) is 16.3 Å². The molecule has 0 atom stereocenters. The number of ether oxygens (including phenoxy) is 1. The number of anilines is 1. The first-order valence-corrected chi connectivity index (χ1v) is 12.0. The van der Waals surface area contributed by atoms with Crippen LogP contribution >= 0.6 is 27.5 Å². The first kappa shape index (κ1) is 22.7. The number of pyridine rings is 1. The summed E-state index contributed by atoms with van der Waals surface area (Å²) < 4.78 is 5.36. The second kappa shape index (κ2) is 10.4. The van der Waals surface area contributed by atoms with E-state index in [2.05, 4.69) is 31.5 Å². The fraction of sp³-hybridized carbons (Fsp3) is 0.292. The molecule has 0 spiro atoms. The molecule has 2 amide bonds. The first-order chi connectivity index (χ1) is 15.6. The molecule has 0 radical (unpaired) electrons. The maximum atomic E-state index is 13.2. The van der Waals surface area contributed by atoms with Crippen molar-refractivity contribution in [2.75, 3.05) is 25.1 Å². The second-order valence-electron chi connectivity index (χ2n) is 7.70. The van der Waals surface area contributed by atoms with Crippen molar-refractivity contribution in [3.05, 3.63) is 70.5 Å². The van der Waals surface area contributed by atoms with Crippen LogP contribution in [0, 0.1) is 5.92 Å². The van der Waals surface area contributed by atoms with Crippen molar-refractivity contribution in [2.24, 2.45) is 5.92 Å². The molecule has 32 heavy (non-hydrogen) atoms. The third kappa shape index (κ3) is 5.11. The lowest BCUT2D eigenvalue weighted by atomic mass is 9.99. The standard InChI is InChI=1S/C24H23BrClN3O3/c25-13-16-5-6-19(18-4-2-1-3-17(16)18)23(30)28-20-7-8-21(26)29-22(20)24(31)27-14-15-9-11-32-12-10-15/h1-8,15H,9-14H2,(H,27,31)(H,28,30). The van der Waals surface area contributed by atoms with Gasteiger partial charge in [-0.05, 0) is 53.3 Å². The molecule has 2 heterocycles. The van der Waals surface area contributed by atoms with Crippen LogP contribution in [-0.4, -0.2) is 36.6 Å². The Morgan fingerprint density at radius 2 is 1.78 bits per heavy atom. The summed E-state index contributed by atoms with van der Waals surface area (Å²) in [6.07, 6.45) is 1.81. The molecule has 0 unspecified atom stereocenters. The van der Waals surface area contributed by atoms with Crippen LogP contribution in [0.2, 0.25) is 5.15 Å². The number of nitrogens with zero attached hydrogens (tertiary/aromatic N) is 1. The Kier molecular flexibility index (Phi) is 7.40. The summed E-state index contributed by atoms with van der Waals surface area (Å²) >= 11 is 9.55. The summed E-state index contributed by atoms with van der Waals surface area (Å²) in [5, 5.41) is 8.49. The maximum Gasteiger partial charge on any atom is 0.272 e. The van der Waals surface area contributed by atoms with Gasteiger partial charge in [-0.25, -0.2) is 4.98 Å². The van der Waals surface area contributed by atoms with Gasteiger partial charge in [0.25, 0.3) is 11.8 Å². The van der Waals surface area contributed by atoms with E-state index >= 15 is 0 Å². The molecule has 1 aromatic heterocycles. The van der Waals surface area contributed by atoms with E-state index in [1.54, 1.807) is 18.2 Å². The Labute approximate surface area is 199 Å². The van der Waals surface area contributed by atoms with Crippen molar-refractivity contribution in [3.63, 3.8) is 0 Å². The summed E-state index contributed by atoms with van der Waals surface area (Å²) in [6, 6.07) is 14.6. The van der Waals surface area contributed by atoms with Gasteiger partial charge in [-0.3, -0.25) is 9.59 Å². The molecule has 4 rings (SSSR count). The van der Waals surface area contributed by atoms with Crippen LogP contribution < -0.4 is 10.6 Å². The highest BCUT2D eigenvalue weighted by Crippen LogP contribution is 2.26. The van der Waals surface area contributed by atoms with Crippen LogP contribution in [0.15, 0.2) is 48.5 Å². The molecule has 8 heteroatoms. The molecule has 2 N–H and O–H groups in total. The van der Waals surface area contributed by atoms with Crippen molar-refractivity contribution >= 4 is 55.8 Å². The van der Waals surface area contributed by atoms with Crippen LogP contribution in [0.4, 0.5) is 5.69 Å². The van der Waals surface area contributed by atoms with E-state index in [0.717, 1.165) is 29.2 Å². The highest BCUT2D eigenvalue weighted by Gasteiger charge is 2.20. The lowest BCUT2D eigenvalue weighted by molar-refractivity contribution is 0.0642. The number of hydrogen-bond donors (Lipinski definition) is 2. The highest BCUT2D eigenvalue weighted by atomic mass is 79.9. The van der Waals surface area contributed by atoms with E-state index in [-0.39, 0.29) is 22.7 Å². The maximum absolute atomic E-state index is 13.2. The summed E-state index contributed by atoms with van der Waals surface area (Å²) in [4.78, 5) is 30.2. The number of amides is 2. The van der Waals surface area contributed by atoms with E-state index in [1.165, 1.54) is 0 Å². The number of hydrogen-bond acceptors (Lipinski definition) is 4. The van der Waals surface area contributed by atoms with Crippen molar-refractivity contribution in [1.82, 2.24) is 10.3 Å². The van der Waals surface area contributed by atoms with Crippen LogP contribution in [0.1, 0.15) is 39.3 Å². The zero-order valence-electron chi connectivity index (χ0n) is 17.4. The normalized spacial score (nSPS) is 14.3. The summed E-state index contributed by atoms with van der Waals surface area (Å²) in [5.74, 6) is -0.317. The molecule has 1 fully saturated rings. The van der Waals surface area contributed by atoms with E-state index < -0.39 is 0 Å². The lowest BCUT2D eigenvalue weighted by Gasteiger charge is -2.22. The molecular formula is C24H23BrClN3O3. The van der Waals surface area contributed by atoms with Crippen molar-refractivity contribution < 1.29 is 14.3 Å². The van der Waals surface area contributed by atoms with Crippen LogP contribution in [0.3, 0.4) is 0 Å². The third-order valence-corrected chi connectivity index (χ3v) is 6.43. The number of halogens is 2. The van der Waals surface area contributed by atoms with E-state index in [9.17, 15) is 9.59 Å². The molecule has 0 aliphatic carbocycles. The SMILES string of the molecule is O=C(NCC1CCOCC1)c1nc(Cl)ccc1NC(=O)c1ccc(CBr)c2ccccc12. The van der Waals surface area contributed by atoms with Crippen LogP contribution in [-0.2, 0) is 10.1 Å². The number of carbonyl (C=O) groups is 2. The predicted octanol–water partition coefficient (Wildman–Crippen LogP) is 5.19. The minimum absolute atomic E-state index is 0.0966. The number of fused-ring (bicyclic) bond motifs is 1. The van der Waals surface area contributed by atoms with E-state index in [1.807, 2.05) is 30.3 Å². The molecule has 166 valence electrons. The number of alkyl halides is 1. The number of nitrogens with one attached hydrogen (secondary N) is 2. The Morgan fingerprint density at radius 1 is 1.03 bits per heavy atom. The largest absolute Gasteiger partial charge is 0.381 e. The smallest absolute Gasteiger partial charge is 0.272 e. The lowest BCUT2D eigenvalue weighted by Crippen LogP contribution is -2.33. The predicted molar refractivity (Wildman–Crippen MR) is 130 cm³/mol. The molecule has 0 saturated carbocycles. The number of aromatic nitrogens is 1.